The maximum absolute atomic E-state index is 13.6. The van der Waals surface area contributed by atoms with E-state index in [1.807, 2.05) is 0 Å². The maximum Gasteiger partial charge on any atom is 0.312 e. The second-order valence-electron chi connectivity index (χ2n) is 10.1. The van der Waals surface area contributed by atoms with Gasteiger partial charge in [-0.3, -0.25) is 4.79 Å². The van der Waals surface area contributed by atoms with Crippen molar-refractivity contribution in [1.82, 2.24) is 19.5 Å². The summed E-state index contributed by atoms with van der Waals surface area (Å²) in [6.45, 7) is 2.52. The highest BCUT2D eigenvalue weighted by atomic mass is 19.1. The average Bonchev–Trinajstić information content (AvgIpc) is 3.32. The van der Waals surface area contributed by atoms with Crippen LogP contribution in [0.4, 0.5) is 10.2 Å². The summed E-state index contributed by atoms with van der Waals surface area (Å²) in [5, 5.41) is 0. The first kappa shape index (κ1) is 31.5. The van der Waals surface area contributed by atoms with E-state index < -0.39 is 11.7 Å². The summed E-state index contributed by atoms with van der Waals surface area (Å²) in [7, 11) is 1.48. The Balaban J connectivity index is 1.59. The highest BCUT2D eigenvalue weighted by Gasteiger charge is 2.30. The van der Waals surface area contributed by atoms with Gasteiger partial charge in [0.1, 0.15) is 12.1 Å². The summed E-state index contributed by atoms with van der Waals surface area (Å²) < 4.78 is 26.2. The van der Waals surface area contributed by atoms with Crippen LogP contribution in [0.5, 0.6) is 0 Å². The number of halogens is 1. The van der Waals surface area contributed by atoms with Crippen molar-refractivity contribution in [2.45, 2.75) is 122 Å². The van der Waals surface area contributed by atoms with E-state index in [1.165, 1.54) is 84.1 Å². The van der Waals surface area contributed by atoms with Crippen LogP contribution >= 0.6 is 0 Å². The van der Waals surface area contributed by atoms with Gasteiger partial charge in [-0.1, -0.05) is 96.3 Å². The fourth-order valence-corrected chi connectivity index (χ4v) is 4.54. The van der Waals surface area contributed by atoms with E-state index in [4.69, 9.17) is 21.6 Å². The Morgan fingerprint density at radius 3 is 2.16 bits per heavy atom. The van der Waals surface area contributed by atoms with Gasteiger partial charge in [0, 0.05) is 26.5 Å². The van der Waals surface area contributed by atoms with E-state index in [9.17, 15) is 9.18 Å². The molecule has 8 nitrogen and oxygen atoms in total. The molecule has 2 heterocycles. The Kier molecular flexibility index (Phi) is 14.7. The van der Waals surface area contributed by atoms with Crippen LogP contribution in [0, 0.1) is 18.4 Å². The number of hydrogen-bond acceptors (Lipinski definition) is 7. The van der Waals surface area contributed by atoms with Crippen molar-refractivity contribution in [3.05, 3.63) is 12.4 Å². The number of methoxy groups -OCH3 is 1. The normalized spacial score (nSPS) is 12.9. The van der Waals surface area contributed by atoms with Crippen molar-refractivity contribution in [1.29, 1.82) is 0 Å². The van der Waals surface area contributed by atoms with E-state index in [1.54, 1.807) is 4.57 Å². The van der Waals surface area contributed by atoms with Gasteiger partial charge in [-0.2, -0.15) is 14.4 Å². The van der Waals surface area contributed by atoms with Gasteiger partial charge < -0.3 is 19.8 Å². The van der Waals surface area contributed by atoms with Crippen molar-refractivity contribution in [3.63, 3.8) is 0 Å². The fraction of sp³-hybridized carbons (Fsp3) is 0.724. The molecule has 0 aliphatic carbocycles. The van der Waals surface area contributed by atoms with Gasteiger partial charge in [-0.25, -0.2) is 4.98 Å². The fourth-order valence-electron chi connectivity index (χ4n) is 4.54. The second kappa shape index (κ2) is 17.7. The number of rotatable bonds is 21. The van der Waals surface area contributed by atoms with Crippen molar-refractivity contribution >= 4 is 23.0 Å². The number of fused-ring (bicyclic) bond motifs is 1. The number of aromatic nitrogens is 4. The molecule has 2 N–H and O–H groups in total. The molecule has 9 heteroatoms. The predicted molar refractivity (Wildman–Crippen MR) is 149 cm³/mol. The molecule has 2 aromatic rings. The molecule has 0 amide bonds. The molecule has 0 saturated heterocycles. The number of aryl methyl sites for hydroxylation is 1. The third-order valence-corrected chi connectivity index (χ3v) is 7.07. The Bertz CT molecular complexity index is 1010. The monoisotopic (exact) mass is 531 g/mol. The number of unbranched alkanes of at least 4 members (excludes halogenated alkanes) is 13. The van der Waals surface area contributed by atoms with Gasteiger partial charge in [0.05, 0.1) is 6.33 Å². The molecule has 0 spiro atoms. The molecule has 0 saturated carbocycles. The van der Waals surface area contributed by atoms with Gasteiger partial charge in [0.15, 0.2) is 17.1 Å². The SMILES string of the molecule is C#CC(CCn1cnc2c(N)nc(F)nc21)(COC(=O)CCCCCCCCCCCCCCCC)OC. The lowest BCUT2D eigenvalue weighted by molar-refractivity contribution is -0.150. The first-order chi connectivity index (χ1) is 18.4. The topological polar surface area (TPSA) is 105 Å². The minimum Gasteiger partial charge on any atom is -0.462 e. The molecule has 0 bridgehead atoms. The second-order valence-corrected chi connectivity index (χ2v) is 10.1. The number of hydrogen-bond donors (Lipinski definition) is 1. The van der Waals surface area contributed by atoms with Crippen LogP contribution < -0.4 is 5.73 Å². The molecule has 38 heavy (non-hydrogen) atoms. The smallest absolute Gasteiger partial charge is 0.312 e. The summed E-state index contributed by atoms with van der Waals surface area (Å²) in [5.41, 5.74) is 5.19. The molecule has 0 aromatic carbocycles. The molecule has 0 fully saturated rings. The Morgan fingerprint density at radius 1 is 1.03 bits per heavy atom. The number of nitrogens with two attached hydrogens (primary N) is 1. The van der Waals surface area contributed by atoms with E-state index in [0.29, 0.717) is 24.9 Å². The van der Waals surface area contributed by atoms with Crippen LogP contribution in [-0.4, -0.2) is 44.8 Å². The number of nitrogens with zero attached hydrogens (tertiary/aromatic N) is 4. The van der Waals surface area contributed by atoms with E-state index in [2.05, 4.69) is 27.8 Å². The summed E-state index contributed by atoms with van der Waals surface area (Å²) in [6, 6.07) is 0. The average molecular weight is 532 g/mol. The van der Waals surface area contributed by atoms with E-state index in [0.717, 1.165) is 19.3 Å². The zero-order valence-electron chi connectivity index (χ0n) is 23.4. The number of ether oxygens (including phenoxy) is 2. The number of carbonyl (C=O) groups is 1. The summed E-state index contributed by atoms with van der Waals surface area (Å²) in [5.74, 6) is 2.30. The molecule has 2 aromatic heterocycles. The van der Waals surface area contributed by atoms with Crippen LogP contribution in [-0.2, 0) is 20.8 Å². The van der Waals surface area contributed by atoms with Crippen LogP contribution in [0.2, 0.25) is 0 Å². The summed E-state index contributed by atoms with van der Waals surface area (Å²) >= 11 is 0. The molecule has 2 rings (SSSR count). The molecular weight excluding hydrogens is 485 g/mol. The third-order valence-electron chi connectivity index (χ3n) is 7.07. The molecule has 1 atom stereocenters. The zero-order chi connectivity index (χ0) is 27.6. The van der Waals surface area contributed by atoms with Crippen molar-refractivity contribution < 1.29 is 18.7 Å². The largest absolute Gasteiger partial charge is 0.462 e. The standard InChI is InChI=1S/C29H46FN5O3/c1-4-6-7-8-9-10-11-12-13-14-15-16-17-18-19-24(36)38-22-29(5-2,37-3)20-21-35-23-32-25-26(31)33-28(30)34-27(25)35/h2,23H,4,6-22H2,1,3H3,(H2,31,33,34). The summed E-state index contributed by atoms with van der Waals surface area (Å²) in [6.07, 6.45) is 24.7. The van der Waals surface area contributed by atoms with E-state index in [-0.39, 0.29) is 24.0 Å². The maximum atomic E-state index is 13.6. The first-order valence-corrected chi connectivity index (χ1v) is 14.3. The van der Waals surface area contributed by atoms with Crippen molar-refractivity contribution in [2.24, 2.45) is 0 Å². The predicted octanol–water partition coefficient (Wildman–Crippen LogP) is 6.37. The Hall–Kier alpha value is -2.73. The van der Waals surface area contributed by atoms with Gasteiger partial charge in [-0.15, -0.1) is 6.42 Å². The molecule has 212 valence electrons. The minimum atomic E-state index is -1.11. The molecule has 0 aliphatic heterocycles. The number of terminal acetylenes is 1. The number of imidazole rings is 1. The molecule has 0 radical (unpaired) electrons. The summed E-state index contributed by atoms with van der Waals surface area (Å²) in [4.78, 5) is 23.7. The Morgan fingerprint density at radius 2 is 1.61 bits per heavy atom. The number of nitrogen functional groups attached to an aromatic ring is 1. The molecule has 0 aliphatic rings. The number of anilines is 1. The quantitative estimate of drug-likeness (QED) is 0.0863. The highest BCUT2D eigenvalue weighted by Crippen LogP contribution is 2.21. The van der Waals surface area contributed by atoms with Crippen LogP contribution in [0.25, 0.3) is 11.2 Å². The number of carbonyl (C=O) groups excluding carboxylic acids is 1. The van der Waals surface area contributed by atoms with E-state index >= 15 is 0 Å². The van der Waals surface area contributed by atoms with Crippen LogP contribution in [0.15, 0.2) is 6.33 Å². The lowest BCUT2D eigenvalue weighted by Gasteiger charge is -2.26. The third kappa shape index (κ3) is 10.9. The van der Waals surface area contributed by atoms with Gasteiger partial charge in [0.25, 0.3) is 0 Å². The molecular formula is C29H46FN5O3. The van der Waals surface area contributed by atoms with Gasteiger partial charge in [0.2, 0.25) is 0 Å². The van der Waals surface area contributed by atoms with Gasteiger partial charge >= 0.3 is 12.0 Å². The highest BCUT2D eigenvalue weighted by molar-refractivity contribution is 5.81. The lowest BCUT2D eigenvalue weighted by atomic mass is 10.0. The lowest BCUT2D eigenvalue weighted by Crippen LogP contribution is -2.37. The molecule has 1 unspecified atom stereocenters. The first-order valence-electron chi connectivity index (χ1n) is 14.3. The van der Waals surface area contributed by atoms with Crippen molar-refractivity contribution in [3.8, 4) is 12.3 Å². The van der Waals surface area contributed by atoms with Crippen molar-refractivity contribution in [2.75, 3.05) is 19.5 Å². The van der Waals surface area contributed by atoms with Gasteiger partial charge in [-0.05, 0) is 6.42 Å². The minimum absolute atomic E-state index is 0.0290. The van der Waals surface area contributed by atoms with Crippen LogP contribution in [0.3, 0.4) is 0 Å². The van der Waals surface area contributed by atoms with Crippen LogP contribution in [0.1, 0.15) is 110 Å². The zero-order valence-corrected chi connectivity index (χ0v) is 23.4. The number of esters is 1. The Labute approximate surface area is 227 Å².